The summed E-state index contributed by atoms with van der Waals surface area (Å²) in [6.45, 7) is 0.959. The van der Waals surface area contributed by atoms with Crippen molar-refractivity contribution in [2.45, 2.75) is 13.0 Å². The van der Waals surface area contributed by atoms with Gasteiger partial charge in [-0.15, -0.1) is 0 Å². The van der Waals surface area contributed by atoms with Crippen molar-refractivity contribution in [1.29, 1.82) is 0 Å². The fourth-order valence-electron chi connectivity index (χ4n) is 2.68. The van der Waals surface area contributed by atoms with Gasteiger partial charge in [-0.3, -0.25) is 4.79 Å². The van der Waals surface area contributed by atoms with Crippen LogP contribution in [0.25, 0.3) is 11.1 Å². The van der Waals surface area contributed by atoms with Gasteiger partial charge in [0.1, 0.15) is 0 Å². The highest BCUT2D eigenvalue weighted by atomic mass is 19.1. The van der Waals surface area contributed by atoms with Crippen LogP contribution in [0.1, 0.15) is 6.92 Å². The molecule has 5 nitrogen and oxygen atoms in total. The molecule has 1 atom stereocenters. The molecule has 3 aromatic rings. The SMILES string of the molecule is CC(OC(=O)COc1ccccc1F)C(=O)Nc1ccccc1-c1ccccc1. The summed E-state index contributed by atoms with van der Waals surface area (Å²) in [4.78, 5) is 24.4. The summed E-state index contributed by atoms with van der Waals surface area (Å²) in [7, 11) is 0. The van der Waals surface area contributed by atoms with Gasteiger partial charge in [-0.2, -0.15) is 0 Å². The summed E-state index contributed by atoms with van der Waals surface area (Å²) < 4.78 is 23.7. The van der Waals surface area contributed by atoms with Crippen LogP contribution < -0.4 is 10.1 Å². The van der Waals surface area contributed by atoms with E-state index >= 15 is 0 Å². The molecule has 0 aromatic heterocycles. The van der Waals surface area contributed by atoms with Crippen molar-refractivity contribution in [3.63, 3.8) is 0 Å². The number of amides is 1. The molecule has 0 aliphatic rings. The molecule has 0 fully saturated rings. The normalized spacial score (nSPS) is 11.4. The molecule has 1 unspecified atom stereocenters. The van der Waals surface area contributed by atoms with Gasteiger partial charge in [0.05, 0.1) is 0 Å². The Balaban J connectivity index is 1.59. The highest BCUT2D eigenvalue weighted by molar-refractivity contribution is 5.98. The van der Waals surface area contributed by atoms with Crippen molar-refractivity contribution in [2.75, 3.05) is 11.9 Å². The van der Waals surface area contributed by atoms with Gasteiger partial charge < -0.3 is 14.8 Å². The fourth-order valence-corrected chi connectivity index (χ4v) is 2.68. The van der Waals surface area contributed by atoms with E-state index in [1.165, 1.54) is 25.1 Å². The van der Waals surface area contributed by atoms with Crippen LogP contribution >= 0.6 is 0 Å². The Morgan fingerprint density at radius 3 is 2.34 bits per heavy atom. The van der Waals surface area contributed by atoms with E-state index in [0.29, 0.717) is 5.69 Å². The molecule has 0 bridgehead atoms. The molecule has 0 heterocycles. The fraction of sp³-hybridized carbons (Fsp3) is 0.130. The highest BCUT2D eigenvalue weighted by Crippen LogP contribution is 2.27. The molecule has 1 amide bonds. The van der Waals surface area contributed by atoms with Crippen LogP contribution in [0.2, 0.25) is 0 Å². The smallest absolute Gasteiger partial charge is 0.344 e. The van der Waals surface area contributed by atoms with E-state index in [1.54, 1.807) is 18.2 Å². The third kappa shape index (κ3) is 5.42. The van der Waals surface area contributed by atoms with Gasteiger partial charge in [0.2, 0.25) is 0 Å². The lowest BCUT2D eigenvalue weighted by Crippen LogP contribution is -2.31. The van der Waals surface area contributed by atoms with E-state index in [0.717, 1.165) is 11.1 Å². The van der Waals surface area contributed by atoms with Crippen LogP contribution in [-0.2, 0) is 14.3 Å². The minimum atomic E-state index is -1.05. The van der Waals surface area contributed by atoms with Crippen molar-refractivity contribution in [1.82, 2.24) is 0 Å². The Labute approximate surface area is 168 Å². The number of hydrogen-bond donors (Lipinski definition) is 1. The van der Waals surface area contributed by atoms with E-state index in [-0.39, 0.29) is 5.75 Å². The van der Waals surface area contributed by atoms with Gasteiger partial charge in [-0.1, -0.05) is 60.7 Å². The zero-order valence-electron chi connectivity index (χ0n) is 15.8. The number of ether oxygens (including phenoxy) is 2. The molecule has 0 aliphatic carbocycles. The molecular weight excluding hydrogens is 373 g/mol. The van der Waals surface area contributed by atoms with Crippen LogP contribution in [0.3, 0.4) is 0 Å². The topological polar surface area (TPSA) is 64.6 Å². The molecule has 148 valence electrons. The summed E-state index contributed by atoms with van der Waals surface area (Å²) in [5.74, 6) is -1.89. The van der Waals surface area contributed by atoms with E-state index in [4.69, 9.17) is 9.47 Å². The Morgan fingerprint density at radius 2 is 1.59 bits per heavy atom. The van der Waals surface area contributed by atoms with Crippen LogP contribution in [0.15, 0.2) is 78.9 Å². The molecule has 0 saturated heterocycles. The van der Waals surface area contributed by atoms with E-state index < -0.39 is 30.4 Å². The highest BCUT2D eigenvalue weighted by Gasteiger charge is 2.19. The Morgan fingerprint density at radius 1 is 0.931 bits per heavy atom. The number of nitrogens with one attached hydrogen (secondary N) is 1. The van der Waals surface area contributed by atoms with Gasteiger partial charge in [0.25, 0.3) is 5.91 Å². The molecule has 1 N–H and O–H groups in total. The molecule has 0 radical (unpaired) electrons. The maximum atomic E-state index is 13.5. The molecule has 0 saturated carbocycles. The maximum absolute atomic E-state index is 13.5. The van der Waals surface area contributed by atoms with Crippen molar-refractivity contribution < 1.29 is 23.5 Å². The Bertz CT molecular complexity index is 991. The van der Waals surface area contributed by atoms with Crippen LogP contribution in [0.5, 0.6) is 5.75 Å². The summed E-state index contributed by atoms with van der Waals surface area (Å²) >= 11 is 0. The number of rotatable bonds is 7. The van der Waals surface area contributed by atoms with Crippen molar-refractivity contribution in [3.05, 3.63) is 84.7 Å². The standard InChI is InChI=1S/C23H20FNO4/c1-16(29-22(26)15-28-21-14-8-6-12-19(21)24)23(27)25-20-13-7-5-11-18(20)17-9-3-2-4-10-17/h2-14,16H,15H2,1H3,(H,25,27). The van der Waals surface area contributed by atoms with E-state index in [1.807, 2.05) is 42.5 Å². The molecule has 29 heavy (non-hydrogen) atoms. The third-order valence-electron chi connectivity index (χ3n) is 4.13. The van der Waals surface area contributed by atoms with Crippen LogP contribution in [0.4, 0.5) is 10.1 Å². The Hall–Kier alpha value is -3.67. The van der Waals surface area contributed by atoms with E-state index in [9.17, 15) is 14.0 Å². The number of hydrogen-bond acceptors (Lipinski definition) is 4. The molecule has 0 aliphatic heterocycles. The lowest BCUT2D eigenvalue weighted by atomic mass is 10.0. The number of carbonyl (C=O) groups excluding carboxylic acids is 2. The monoisotopic (exact) mass is 393 g/mol. The lowest BCUT2D eigenvalue weighted by Gasteiger charge is -2.16. The first-order chi connectivity index (χ1) is 14.0. The molecule has 6 heteroatoms. The number of carbonyl (C=O) groups is 2. The summed E-state index contributed by atoms with van der Waals surface area (Å²) in [6.07, 6.45) is -1.05. The minimum Gasteiger partial charge on any atom is -0.479 e. The van der Waals surface area contributed by atoms with Crippen LogP contribution in [0, 0.1) is 5.82 Å². The quantitative estimate of drug-likeness (QED) is 0.603. The van der Waals surface area contributed by atoms with Gasteiger partial charge in [0, 0.05) is 11.3 Å². The van der Waals surface area contributed by atoms with Crippen molar-refractivity contribution >= 4 is 17.6 Å². The second kappa shape index (κ2) is 9.50. The zero-order valence-corrected chi connectivity index (χ0v) is 15.8. The maximum Gasteiger partial charge on any atom is 0.344 e. The first kappa shape index (κ1) is 20.1. The number of halogens is 1. The van der Waals surface area contributed by atoms with Crippen molar-refractivity contribution in [3.8, 4) is 16.9 Å². The largest absolute Gasteiger partial charge is 0.479 e. The predicted molar refractivity (Wildman–Crippen MR) is 108 cm³/mol. The Kier molecular flexibility index (Phi) is 6.58. The van der Waals surface area contributed by atoms with Crippen LogP contribution in [-0.4, -0.2) is 24.6 Å². The summed E-state index contributed by atoms with van der Waals surface area (Å²) in [6, 6.07) is 22.7. The second-order valence-electron chi connectivity index (χ2n) is 6.25. The zero-order chi connectivity index (χ0) is 20.6. The lowest BCUT2D eigenvalue weighted by molar-refractivity contribution is -0.155. The molecule has 3 aromatic carbocycles. The van der Waals surface area contributed by atoms with Gasteiger partial charge in [-0.25, -0.2) is 9.18 Å². The second-order valence-corrected chi connectivity index (χ2v) is 6.25. The number of anilines is 1. The first-order valence-electron chi connectivity index (χ1n) is 9.06. The molecule has 0 spiro atoms. The van der Waals surface area contributed by atoms with Crippen molar-refractivity contribution in [2.24, 2.45) is 0 Å². The third-order valence-corrected chi connectivity index (χ3v) is 4.13. The molecular formula is C23H20FNO4. The number of benzene rings is 3. The predicted octanol–water partition coefficient (Wildman–Crippen LogP) is 4.44. The number of esters is 1. The average Bonchev–Trinajstić information content (AvgIpc) is 2.74. The summed E-state index contributed by atoms with van der Waals surface area (Å²) in [5, 5.41) is 2.78. The van der Waals surface area contributed by atoms with Gasteiger partial charge in [0.15, 0.2) is 24.3 Å². The first-order valence-corrected chi connectivity index (χ1v) is 9.06. The van der Waals surface area contributed by atoms with Gasteiger partial charge in [-0.05, 0) is 30.7 Å². The molecule has 3 rings (SSSR count). The van der Waals surface area contributed by atoms with Gasteiger partial charge >= 0.3 is 5.97 Å². The minimum absolute atomic E-state index is 0.0571. The number of para-hydroxylation sites is 2. The summed E-state index contributed by atoms with van der Waals surface area (Å²) in [5.41, 5.74) is 2.41. The van der Waals surface area contributed by atoms with E-state index in [2.05, 4.69) is 5.32 Å². The average molecular weight is 393 g/mol.